The summed E-state index contributed by atoms with van der Waals surface area (Å²) < 4.78 is 5.98. The molecular formula is C17H21ClN2O. The highest BCUT2D eigenvalue weighted by Crippen LogP contribution is 2.31. The Labute approximate surface area is 132 Å². The van der Waals surface area contributed by atoms with Crippen molar-refractivity contribution in [3.63, 3.8) is 0 Å². The number of hydrogen-bond acceptors (Lipinski definition) is 2. The van der Waals surface area contributed by atoms with Crippen LogP contribution in [0.25, 0.3) is 0 Å². The van der Waals surface area contributed by atoms with Crippen LogP contribution in [0.2, 0.25) is 0 Å². The molecule has 0 spiro atoms. The molecule has 0 aromatic heterocycles. The highest BCUT2D eigenvalue weighted by atomic mass is 35.5. The van der Waals surface area contributed by atoms with Crippen molar-refractivity contribution >= 4 is 18.2 Å². The summed E-state index contributed by atoms with van der Waals surface area (Å²) in [6, 6.07) is 13.5. The molecule has 21 heavy (non-hydrogen) atoms. The van der Waals surface area contributed by atoms with Gasteiger partial charge >= 0.3 is 0 Å². The van der Waals surface area contributed by atoms with Crippen LogP contribution in [0.3, 0.4) is 0 Å². The quantitative estimate of drug-likeness (QED) is 0.640. The lowest BCUT2D eigenvalue weighted by Crippen LogP contribution is -2.10. The van der Waals surface area contributed by atoms with Gasteiger partial charge in [-0.1, -0.05) is 26.0 Å². The summed E-state index contributed by atoms with van der Waals surface area (Å²) in [7, 11) is 0. The molecule has 0 radical (unpaired) electrons. The smallest absolute Gasteiger partial charge is 0.131 e. The fourth-order valence-electron chi connectivity index (χ4n) is 2.04. The molecule has 4 heteroatoms. The van der Waals surface area contributed by atoms with Gasteiger partial charge in [-0.3, -0.25) is 5.41 Å². The SMILES string of the molecule is Cc1ccc(C(C)C)c(Oc2ccc(C(=N)N)cc2)c1.Cl. The fraction of sp³-hybridized carbons (Fsp3) is 0.235. The summed E-state index contributed by atoms with van der Waals surface area (Å²) >= 11 is 0. The Morgan fingerprint density at radius 1 is 1.10 bits per heavy atom. The molecule has 0 saturated carbocycles. The lowest BCUT2D eigenvalue weighted by Gasteiger charge is -2.14. The molecule has 0 bridgehead atoms. The first-order valence-electron chi connectivity index (χ1n) is 6.70. The number of halogens is 1. The van der Waals surface area contributed by atoms with E-state index in [9.17, 15) is 0 Å². The average molecular weight is 305 g/mol. The molecule has 0 heterocycles. The second-order valence-corrected chi connectivity index (χ2v) is 5.24. The van der Waals surface area contributed by atoms with Gasteiger partial charge in [0, 0.05) is 5.56 Å². The van der Waals surface area contributed by atoms with Crippen LogP contribution in [0.5, 0.6) is 11.5 Å². The third-order valence-electron chi connectivity index (χ3n) is 3.18. The third kappa shape index (κ3) is 4.23. The van der Waals surface area contributed by atoms with Crippen molar-refractivity contribution in [1.29, 1.82) is 5.41 Å². The van der Waals surface area contributed by atoms with E-state index in [1.807, 2.05) is 18.2 Å². The van der Waals surface area contributed by atoms with Crippen LogP contribution < -0.4 is 10.5 Å². The van der Waals surface area contributed by atoms with Crippen molar-refractivity contribution in [3.05, 3.63) is 59.2 Å². The molecule has 0 saturated heterocycles. The summed E-state index contributed by atoms with van der Waals surface area (Å²) in [5.74, 6) is 2.11. The Bertz CT molecular complexity index is 621. The van der Waals surface area contributed by atoms with Crippen molar-refractivity contribution in [3.8, 4) is 11.5 Å². The van der Waals surface area contributed by atoms with E-state index in [0.717, 1.165) is 11.5 Å². The van der Waals surface area contributed by atoms with E-state index < -0.39 is 0 Å². The maximum absolute atomic E-state index is 7.38. The van der Waals surface area contributed by atoms with Crippen LogP contribution in [0.15, 0.2) is 42.5 Å². The van der Waals surface area contributed by atoms with Gasteiger partial charge in [-0.25, -0.2) is 0 Å². The number of nitrogens with two attached hydrogens (primary N) is 1. The van der Waals surface area contributed by atoms with Crippen molar-refractivity contribution < 1.29 is 4.74 Å². The molecule has 2 aromatic rings. The van der Waals surface area contributed by atoms with E-state index in [2.05, 4.69) is 32.9 Å². The number of rotatable bonds is 4. The van der Waals surface area contributed by atoms with E-state index in [4.69, 9.17) is 15.9 Å². The average Bonchev–Trinajstić information content (AvgIpc) is 2.39. The van der Waals surface area contributed by atoms with Crippen molar-refractivity contribution in [2.75, 3.05) is 0 Å². The molecule has 0 amide bonds. The third-order valence-corrected chi connectivity index (χ3v) is 3.18. The minimum atomic E-state index is 0. The molecule has 0 aliphatic rings. The largest absolute Gasteiger partial charge is 0.457 e. The van der Waals surface area contributed by atoms with E-state index in [1.54, 1.807) is 12.1 Å². The highest BCUT2D eigenvalue weighted by Gasteiger charge is 2.09. The topological polar surface area (TPSA) is 59.1 Å². The minimum absolute atomic E-state index is 0. The fourth-order valence-corrected chi connectivity index (χ4v) is 2.04. The molecule has 2 aromatic carbocycles. The molecule has 0 aliphatic carbocycles. The van der Waals surface area contributed by atoms with E-state index in [-0.39, 0.29) is 18.2 Å². The van der Waals surface area contributed by atoms with Crippen molar-refractivity contribution in [1.82, 2.24) is 0 Å². The molecule has 0 atom stereocenters. The molecule has 2 rings (SSSR count). The van der Waals surface area contributed by atoms with E-state index in [1.165, 1.54) is 11.1 Å². The Morgan fingerprint density at radius 3 is 2.24 bits per heavy atom. The zero-order chi connectivity index (χ0) is 14.7. The number of nitrogen functional groups attached to an aromatic ring is 1. The maximum Gasteiger partial charge on any atom is 0.131 e. The molecular weight excluding hydrogens is 284 g/mol. The normalized spacial score (nSPS) is 10.1. The first-order valence-corrected chi connectivity index (χ1v) is 6.70. The second-order valence-electron chi connectivity index (χ2n) is 5.24. The molecule has 0 unspecified atom stereocenters. The molecule has 0 fully saturated rings. The maximum atomic E-state index is 7.38. The zero-order valence-corrected chi connectivity index (χ0v) is 13.3. The van der Waals surface area contributed by atoms with Gasteiger partial charge in [0.05, 0.1) is 0 Å². The Balaban J connectivity index is 0.00000220. The second kappa shape index (κ2) is 7.14. The number of ether oxygens (including phenoxy) is 1. The summed E-state index contributed by atoms with van der Waals surface area (Å²) in [4.78, 5) is 0. The lowest BCUT2D eigenvalue weighted by molar-refractivity contribution is 0.472. The Morgan fingerprint density at radius 2 is 1.71 bits per heavy atom. The van der Waals surface area contributed by atoms with Crippen molar-refractivity contribution in [2.45, 2.75) is 26.7 Å². The summed E-state index contributed by atoms with van der Waals surface area (Å²) in [6.45, 7) is 6.35. The number of aryl methyl sites for hydroxylation is 1. The van der Waals surface area contributed by atoms with Crippen LogP contribution in [-0.4, -0.2) is 5.84 Å². The van der Waals surface area contributed by atoms with Gasteiger partial charge in [0.15, 0.2) is 0 Å². The molecule has 0 aliphatic heterocycles. The zero-order valence-electron chi connectivity index (χ0n) is 12.5. The number of nitrogens with one attached hydrogen (secondary N) is 1. The van der Waals surface area contributed by atoms with Crippen LogP contribution >= 0.6 is 12.4 Å². The predicted octanol–water partition coefficient (Wildman–Crippen LogP) is 4.62. The molecule has 3 N–H and O–H groups in total. The van der Waals surface area contributed by atoms with Crippen molar-refractivity contribution in [2.24, 2.45) is 5.73 Å². The van der Waals surface area contributed by atoms with Crippen LogP contribution in [0, 0.1) is 12.3 Å². The van der Waals surface area contributed by atoms with Gasteiger partial charge in [0.1, 0.15) is 17.3 Å². The lowest BCUT2D eigenvalue weighted by atomic mass is 10.0. The van der Waals surface area contributed by atoms with E-state index in [0.29, 0.717) is 11.5 Å². The summed E-state index contributed by atoms with van der Waals surface area (Å²) in [5, 5.41) is 7.38. The van der Waals surface area contributed by atoms with Crippen LogP contribution in [-0.2, 0) is 0 Å². The van der Waals surface area contributed by atoms with E-state index >= 15 is 0 Å². The number of hydrogen-bond donors (Lipinski definition) is 2. The summed E-state index contributed by atoms with van der Waals surface area (Å²) in [5.41, 5.74) is 8.50. The predicted molar refractivity (Wildman–Crippen MR) is 90.0 cm³/mol. The van der Waals surface area contributed by atoms with Gasteiger partial charge in [-0.2, -0.15) is 0 Å². The van der Waals surface area contributed by atoms with Gasteiger partial charge in [-0.05, 0) is 54.3 Å². The van der Waals surface area contributed by atoms with Gasteiger partial charge in [0.25, 0.3) is 0 Å². The molecule has 3 nitrogen and oxygen atoms in total. The van der Waals surface area contributed by atoms with Gasteiger partial charge in [0.2, 0.25) is 0 Å². The minimum Gasteiger partial charge on any atom is -0.457 e. The van der Waals surface area contributed by atoms with Gasteiger partial charge in [-0.15, -0.1) is 12.4 Å². The monoisotopic (exact) mass is 304 g/mol. The standard InChI is InChI=1S/C17H20N2O.ClH/c1-11(2)15-9-4-12(3)10-16(15)20-14-7-5-13(6-8-14)17(18)19;/h4-11H,1-3H3,(H3,18,19);1H. The Kier molecular flexibility index (Phi) is 5.79. The van der Waals surface area contributed by atoms with Gasteiger partial charge < -0.3 is 10.5 Å². The summed E-state index contributed by atoms with van der Waals surface area (Å²) in [6.07, 6.45) is 0. The Hall–Kier alpha value is -2.00. The first-order chi connectivity index (χ1) is 9.47. The highest BCUT2D eigenvalue weighted by molar-refractivity contribution is 5.94. The number of amidine groups is 1. The van der Waals surface area contributed by atoms with Crippen LogP contribution in [0.1, 0.15) is 36.5 Å². The molecule has 112 valence electrons. The van der Waals surface area contributed by atoms with Crippen LogP contribution in [0.4, 0.5) is 0 Å². The first kappa shape index (κ1) is 17.1. The number of benzene rings is 2.